The summed E-state index contributed by atoms with van der Waals surface area (Å²) in [5.41, 5.74) is 0.594. The van der Waals surface area contributed by atoms with Crippen LogP contribution in [0, 0.1) is 11.7 Å². The van der Waals surface area contributed by atoms with Crippen LogP contribution in [0.5, 0.6) is 0 Å². The fraction of sp³-hybridized carbons (Fsp3) is 0.636. The molecule has 3 amide bonds. The van der Waals surface area contributed by atoms with Crippen molar-refractivity contribution in [3.8, 4) is 0 Å². The molecule has 3 rings (SSSR count). The molecule has 0 unspecified atom stereocenters. The Kier molecular flexibility index (Phi) is 7.69. The molecule has 1 saturated heterocycles. The number of piperidine rings is 1. The monoisotopic (exact) mass is 389 g/mol. The van der Waals surface area contributed by atoms with Gasteiger partial charge in [0.05, 0.1) is 0 Å². The topological polar surface area (TPSA) is 61.4 Å². The number of benzene rings is 1. The van der Waals surface area contributed by atoms with Crippen LogP contribution in [0.15, 0.2) is 24.3 Å². The molecule has 1 aromatic rings. The first kappa shape index (κ1) is 20.6. The number of anilines is 1. The third kappa shape index (κ3) is 6.50. The van der Waals surface area contributed by atoms with Crippen molar-refractivity contribution in [1.29, 1.82) is 0 Å². The Labute approximate surface area is 167 Å². The van der Waals surface area contributed by atoms with Crippen LogP contribution in [0.4, 0.5) is 14.9 Å². The van der Waals surface area contributed by atoms with E-state index in [1.165, 1.54) is 37.8 Å². The summed E-state index contributed by atoms with van der Waals surface area (Å²) in [7, 11) is 0. The molecule has 28 heavy (non-hydrogen) atoms. The van der Waals surface area contributed by atoms with Crippen LogP contribution in [0.3, 0.4) is 0 Å². The van der Waals surface area contributed by atoms with Gasteiger partial charge in [0.1, 0.15) is 5.82 Å². The smallest absolute Gasteiger partial charge is 0.321 e. The average molecular weight is 390 g/mol. The van der Waals surface area contributed by atoms with Gasteiger partial charge in [-0.3, -0.25) is 4.79 Å². The second-order valence-electron chi connectivity index (χ2n) is 8.19. The maximum absolute atomic E-state index is 13.0. The molecule has 5 nitrogen and oxygen atoms in total. The van der Waals surface area contributed by atoms with Crippen molar-refractivity contribution in [3.05, 3.63) is 30.1 Å². The zero-order valence-electron chi connectivity index (χ0n) is 16.6. The Bertz CT molecular complexity index is 642. The largest absolute Gasteiger partial charge is 0.353 e. The lowest BCUT2D eigenvalue weighted by molar-refractivity contribution is -0.122. The van der Waals surface area contributed by atoms with E-state index in [2.05, 4.69) is 10.6 Å². The van der Waals surface area contributed by atoms with E-state index in [-0.39, 0.29) is 17.8 Å². The van der Waals surface area contributed by atoms with E-state index < -0.39 is 0 Å². The van der Waals surface area contributed by atoms with Crippen molar-refractivity contribution in [3.63, 3.8) is 0 Å². The SMILES string of the molecule is O=C(CC[C@H]1CCCN(C(=O)Nc2ccc(F)cc2)C1)NC1CCCCCC1. The Balaban J connectivity index is 1.40. The number of urea groups is 1. The molecule has 6 heteroatoms. The number of carbonyl (C=O) groups excluding carboxylic acids is 2. The molecule has 1 saturated carbocycles. The summed E-state index contributed by atoms with van der Waals surface area (Å²) in [5, 5.41) is 6.03. The average Bonchev–Trinajstić information content (AvgIpc) is 2.97. The van der Waals surface area contributed by atoms with Crippen LogP contribution in [0.1, 0.15) is 64.2 Å². The molecule has 154 valence electrons. The van der Waals surface area contributed by atoms with Gasteiger partial charge in [0.2, 0.25) is 5.91 Å². The minimum absolute atomic E-state index is 0.153. The molecule has 0 bridgehead atoms. The maximum Gasteiger partial charge on any atom is 0.321 e. The van der Waals surface area contributed by atoms with Crippen LogP contribution in [-0.2, 0) is 4.79 Å². The summed E-state index contributed by atoms with van der Waals surface area (Å²) < 4.78 is 13.0. The number of hydrogen-bond donors (Lipinski definition) is 2. The fourth-order valence-electron chi connectivity index (χ4n) is 4.28. The van der Waals surface area contributed by atoms with Gasteiger partial charge in [-0.1, -0.05) is 25.7 Å². The van der Waals surface area contributed by atoms with Crippen molar-refractivity contribution in [2.45, 2.75) is 70.3 Å². The number of carbonyl (C=O) groups is 2. The lowest BCUT2D eigenvalue weighted by Crippen LogP contribution is -2.42. The van der Waals surface area contributed by atoms with Gasteiger partial charge in [-0.05, 0) is 62.3 Å². The first-order chi connectivity index (χ1) is 13.6. The number of hydrogen-bond acceptors (Lipinski definition) is 2. The quantitative estimate of drug-likeness (QED) is 0.718. The Morgan fingerprint density at radius 3 is 2.43 bits per heavy atom. The van der Waals surface area contributed by atoms with E-state index in [1.807, 2.05) is 0 Å². The number of rotatable bonds is 5. The lowest BCUT2D eigenvalue weighted by atomic mass is 9.93. The van der Waals surface area contributed by atoms with Gasteiger partial charge < -0.3 is 15.5 Å². The van der Waals surface area contributed by atoms with Crippen LogP contribution in [-0.4, -0.2) is 36.0 Å². The van der Waals surface area contributed by atoms with Crippen molar-refractivity contribution < 1.29 is 14.0 Å². The van der Waals surface area contributed by atoms with Gasteiger partial charge in [-0.2, -0.15) is 0 Å². The fourth-order valence-corrected chi connectivity index (χ4v) is 4.28. The predicted molar refractivity (Wildman–Crippen MR) is 109 cm³/mol. The molecule has 1 atom stereocenters. The standard InChI is InChI=1S/C22H32FN3O2/c23-18-10-12-20(13-11-18)25-22(28)26-15-5-6-17(16-26)9-14-21(27)24-19-7-3-1-2-4-8-19/h10-13,17,19H,1-9,14-16H2,(H,24,27)(H,25,28)/t17-/m1/s1. The zero-order valence-corrected chi connectivity index (χ0v) is 16.6. The number of amides is 3. The first-order valence-electron chi connectivity index (χ1n) is 10.7. The first-order valence-corrected chi connectivity index (χ1v) is 10.7. The highest BCUT2D eigenvalue weighted by Gasteiger charge is 2.24. The molecule has 1 aliphatic heterocycles. The van der Waals surface area contributed by atoms with Crippen LogP contribution in [0.2, 0.25) is 0 Å². The van der Waals surface area contributed by atoms with Crippen molar-refractivity contribution >= 4 is 17.6 Å². The maximum atomic E-state index is 13.0. The van der Waals surface area contributed by atoms with Crippen LogP contribution >= 0.6 is 0 Å². The predicted octanol–water partition coefficient (Wildman–Crippen LogP) is 4.69. The minimum Gasteiger partial charge on any atom is -0.353 e. The molecule has 1 aliphatic carbocycles. The highest BCUT2D eigenvalue weighted by atomic mass is 19.1. The van der Waals surface area contributed by atoms with Gasteiger partial charge >= 0.3 is 6.03 Å². The van der Waals surface area contributed by atoms with E-state index in [0.29, 0.717) is 30.6 Å². The molecular formula is C22H32FN3O2. The molecule has 2 N–H and O–H groups in total. The van der Waals surface area contributed by atoms with E-state index in [0.717, 1.165) is 38.6 Å². The molecule has 0 aromatic heterocycles. The molecule has 0 radical (unpaired) electrons. The van der Waals surface area contributed by atoms with Crippen molar-refractivity contribution in [2.24, 2.45) is 5.92 Å². The van der Waals surface area contributed by atoms with E-state index in [4.69, 9.17) is 0 Å². The summed E-state index contributed by atoms with van der Waals surface area (Å²) in [6, 6.07) is 5.99. The molecule has 1 aromatic carbocycles. The summed E-state index contributed by atoms with van der Waals surface area (Å²) in [6.45, 7) is 1.39. The lowest BCUT2D eigenvalue weighted by Gasteiger charge is -2.32. The normalized spacial score (nSPS) is 21.0. The van der Waals surface area contributed by atoms with Crippen LogP contribution in [0.25, 0.3) is 0 Å². The highest BCUT2D eigenvalue weighted by molar-refractivity contribution is 5.89. The zero-order chi connectivity index (χ0) is 19.8. The van der Waals surface area contributed by atoms with E-state index >= 15 is 0 Å². The minimum atomic E-state index is -0.321. The van der Waals surface area contributed by atoms with E-state index in [1.54, 1.807) is 17.0 Å². The Morgan fingerprint density at radius 2 is 1.71 bits per heavy atom. The van der Waals surface area contributed by atoms with Gasteiger partial charge in [-0.25, -0.2) is 9.18 Å². The van der Waals surface area contributed by atoms with Gasteiger partial charge in [0, 0.05) is 31.2 Å². The van der Waals surface area contributed by atoms with Gasteiger partial charge in [0.25, 0.3) is 0 Å². The second kappa shape index (κ2) is 10.4. The highest BCUT2D eigenvalue weighted by Crippen LogP contribution is 2.22. The van der Waals surface area contributed by atoms with E-state index in [9.17, 15) is 14.0 Å². The number of halogens is 1. The summed E-state index contributed by atoms with van der Waals surface area (Å²) in [6.07, 6.45) is 10.6. The number of likely N-dealkylation sites (tertiary alicyclic amines) is 1. The number of nitrogens with one attached hydrogen (secondary N) is 2. The molecule has 0 spiro atoms. The summed E-state index contributed by atoms with van der Waals surface area (Å²) in [4.78, 5) is 26.6. The molecule has 1 heterocycles. The Morgan fingerprint density at radius 1 is 1.00 bits per heavy atom. The second-order valence-corrected chi connectivity index (χ2v) is 8.19. The summed E-state index contributed by atoms with van der Waals surface area (Å²) in [5.74, 6) is 0.186. The third-order valence-corrected chi connectivity index (χ3v) is 5.90. The van der Waals surface area contributed by atoms with Gasteiger partial charge in [-0.15, -0.1) is 0 Å². The van der Waals surface area contributed by atoms with Crippen LogP contribution < -0.4 is 10.6 Å². The number of nitrogens with zero attached hydrogens (tertiary/aromatic N) is 1. The third-order valence-electron chi connectivity index (χ3n) is 5.90. The van der Waals surface area contributed by atoms with Crippen molar-refractivity contribution in [2.75, 3.05) is 18.4 Å². The van der Waals surface area contributed by atoms with Gasteiger partial charge in [0.15, 0.2) is 0 Å². The molecular weight excluding hydrogens is 357 g/mol. The molecule has 2 fully saturated rings. The molecule has 2 aliphatic rings. The summed E-state index contributed by atoms with van der Waals surface area (Å²) >= 11 is 0. The Hall–Kier alpha value is -2.11. The van der Waals surface area contributed by atoms with Crippen molar-refractivity contribution in [1.82, 2.24) is 10.2 Å².